The molecule has 1 amide bonds. The molecule has 1 heterocycles. The molecule has 0 aromatic carbocycles. The van der Waals surface area contributed by atoms with Crippen molar-refractivity contribution in [2.45, 2.75) is 58.8 Å². The number of rotatable bonds is 4. The molecule has 25 heavy (non-hydrogen) atoms. The van der Waals surface area contributed by atoms with Crippen molar-refractivity contribution in [2.75, 3.05) is 12.4 Å². The molecule has 4 nitrogen and oxygen atoms in total. The molecule has 4 saturated carbocycles. The number of anilines is 1. The largest absolute Gasteiger partial charge is 0.465 e. The van der Waals surface area contributed by atoms with Crippen LogP contribution in [-0.4, -0.2) is 19.0 Å². The van der Waals surface area contributed by atoms with Crippen molar-refractivity contribution >= 4 is 28.2 Å². The molecule has 0 atom stereocenters. The maximum atomic E-state index is 13.3. The predicted octanol–water partition coefficient (Wildman–Crippen LogP) is 4.56. The quantitative estimate of drug-likeness (QED) is 0.800. The number of carbonyl (C=O) groups excluding carboxylic acids is 2. The standard InChI is InChI=1S/C20H27NO3S/c1-4-15-11(2)16(18(22)24-3)17(25-15)21-19(23)20-8-12-5-13(9-20)7-14(6-12)10-20/h12-14H,4-10H2,1-3H3,(H,21,23). The van der Waals surface area contributed by atoms with Crippen LogP contribution >= 0.6 is 11.3 Å². The molecule has 0 radical (unpaired) electrons. The van der Waals surface area contributed by atoms with Crippen LogP contribution in [0.3, 0.4) is 0 Å². The fraction of sp³-hybridized carbons (Fsp3) is 0.700. The molecule has 4 fully saturated rings. The van der Waals surface area contributed by atoms with Gasteiger partial charge in [0.05, 0.1) is 18.1 Å². The highest BCUT2D eigenvalue weighted by Gasteiger charge is 2.54. The molecular weight excluding hydrogens is 334 g/mol. The Balaban J connectivity index is 1.62. The van der Waals surface area contributed by atoms with E-state index >= 15 is 0 Å². The lowest BCUT2D eigenvalue weighted by molar-refractivity contribution is -0.140. The Morgan fingerprint density at radius 2 is 1.72 bits per heavy atom. The van der Waals surface area contributed by atoms with Crippen LogP contribution in [0.25, 0.3) is 0 Å². The van der Waals surface area contributed by atoms with E-state index in [1.165, 1.54) is 37.7 Å². The summed E-state index contributed by atoms with van der Waals surface area (Å²) in [5.74, 6) is 1.98. The van der Waals surface area contributed by atoms with Gasteiger partial charge in [-0.2, -0.15) is 0 Å². The van der Waals surface area contributed by atoms with E-state index in [2.05, 4.69) is 12.2 Å². The third-order valence-corrected chi connectivity index (χ3v) is 8.05. The number of nitrogens with one attached hydrogen (secondary N) is 1. The zero-order valence-corrected chi connectivity index (χ0v) is 16.1. The van der Waals surface area contributed by atoms with E-state index in [1.54, 1.807) is 0 Å². The second-order valence-electron chi connectivity index (χ2n) is 8.35. The van der Waals surface area contributed by atoms with Gasteiger partial charge >= 0.3 is 5.97 Å². The van der Waals surface area contributed by atoms with Crippen LogP contribution in [0.5, 0.6) is 0 Å². The Labute approximate surface area is 153 Å². The average Bonchev–Trinajstić information content (AvgIpc) is 2.88. The van der Waals surface area contributed by atoms with Crippen molar-refractivity contribution < 1.29 is 14.3 Å². The van der Waals surface area contributed by atoms with Gasteiger partial charge < -0.3 is 10.1 Å². The molecule has 1 aromatic rings. The van der Waals surface area contributed by atoms with Gasteiger partial charge in [0, 0.05) is 4.88 Å². The fourth-order valence-corrected chi connectivity index (χ4v) is 7.09. The van der Waals surface area contributed by atoms with Crippen LogP contribution in [0.2, 0.25) is 0 Å². The molecule has 0 unspecified atom stereocenters. The van der Waals surface area contributed by atoms with Crippen LogP contribution in [-0.2, 0) is 16.0 Å². The summed E-state index contributed by atoms with van der Waals surface area (Å²) >= 11 is 1.53. The van der Waals surface area contributed by atoms with Crippen molar-refractivity contribution in [3.05, 3.63) is 16.0 Å². The maximum Gasteiger partial charge on any atom is 0.341 e. The van der Waals surface area contributed by atoms with Crippen LogP contribution < -0.4 is 5.32 Å². The lowest BCUT2D eigenvalue weighted by Crippen LogP contribution is -2.51. The maximum absolute atomic E-state index is 13.3. The molecule has 0 saturated heterocycles. The van der Waals surface area contributed by atoms with Gasteiger partial charge in [-0.15, -0.1) is 11.3 Å². The minimum Gasteiger partial charge on any atom is -0.465 e. The van der Waals surface area contributed by atoms with Gasteiger partial charge in [-0.3, -0.25) is 4.79 Å². The first-order valence-corrected chi connectivity index (χ1v) is 10.3. The number of amides is 1. The van der Waals surface area contributed by atoms with Crippen molar-refractivity contribution in [1.29, 1.82) is 0 Å². The van der Waals surface area contributed by atoms with Gasteiger partial charge in [0.25, 0.3) is 0 Å². The highest BCUT2D eigenvalue weighted by atomic mass is 32.1. The minimum atomic E-state index is -0.353. The van der Waals surface area contributed by atoms with Gasteiger partial charge in [0.1, 0.15) is 5.00 Å². The molecule has 1 N–H and O–H groups in total. The Hall–Kier alpha value is -1.36. The van der Waals surface area contributed by atoms with Gasteiger partial charge in [-0.25, -0.2) is 4.79 Å². The third kappa shape index (κ3) is 2.71. The number of aryl methyl sites for hydroxylation is 1. The monoisotopic (exact) mass is 361 g/mol. The lowest BCUT2D eigenvalue weighted by atomic mass is 9.49. The normalized spacial score (nSPS) is 32.7. The zero-order valence-electron chi connectivity index (χ0n) is 15.3. The minimum absolute atomic E-state index is 0.139. The SMILES string of the molecule is CCc1sc(NC(=O)C23CC4CC(CC(C4)C2)C3)c(C(=O)OC)c1C. The number of ether oxygens (including phenoxy) is 1. The molecule has 5 heteroatoms. The first kappa shape index (κ1) is 17.1. The van der Waals surface area contributed by atoms with E-state index in [4.69, 9.17) is 4.74 Å². The molecule has 5 rings (SSSR count). The Morgan fingerprint density at radius 1 is 1.16 bits per heavy atom. The highest BCUT2D eigenvalue weighted by Crippen LogP contribution is 2.60. The topological polar surface area (TPSA) is 55.4 Å². The summed E-state index contributed by atoms with van der Waals surface area (Å²) in [4.78, 5) is 26.7. The van der Waals surface area contributed by atoms with Crippen LogP contribution in [0.1, 0.15) is 66.2 Å². The lowest BCUT2D eigenvalue weighted by Gasteiger charge is -2.55. The number of thiophene rings is 1. The average molecular weight is 362 g/mol. The van der Waals surface area contributed by atoms with Crippen LogP contribution in [0, 0.1) is 30.1 Å². The van der Waals surface area contributed by atoms with Gasteiger partial charge in [0.15, 0.2) is 0 Å². The smallest absolute Gasteiger partial charge is 0.341 e. The van der Waals surface area contributed by atoms with Gasteiger partial charge in [-0.1, -0.05) is 6.92 Å². The summed E-state index contributed by atoms with van der Waals surface area (Å²) in [6, 6.07) is 0. The van der Waals surface area contributed by atoms with Crippen LogP contribution in [0.4, 0.5) is 5.00 Å². The van der Waals surface area contributed by atoms with Gasteiger partial charge in [0.2, 0.25) is 5.91 Å². The number of esters is 1. The number of methoxy groups -OCH3 is 1. The molecule has 0 spiro atoms. The van der Waals surface area contributed by atoms with E-state index in [0.717, 1.165) is 53.9 Å². The van der Waals surface area contributed by atoms with E-state index in [1.807, 2.05) is 6.92 Å². The molecule has 4 bridgehead atoms. The Morgan fingerprint density at radius 3 is 2.20 bits per heavy atom. The molecule has 136 valence electrons. The van der Waals surface area contributed by atoms with Crippen LogP contribution in [0.15, 0.2) is 0 Å². The number of carbonyl (C=O) groups is 2. The predicted molar refractivity (Wildman–Crippen MR) is 99.0 cm³/mol. The van der Waals surface area contributed by atoms with Gasteiger partial charge in [-0.05, 0) is 75.2 Å². The molecule has 4 aliphatic carbocycles. The third-order valence-electron chi connectivity index (χ3n) is 6.70. The van der Waals surface area contributed by atoms with E-state index in [-0.39, 0.29) is 17.3 Å². The van der Waals surface area contributed by atoms with E-state index in [9.17, 15) is 9.59 Å². The highest BCUT2D eigenvalue weighted by molar-refractivity contribution is 7.17. The summed E-state index contributed by atoms with van der Waals surface area (Å²) in [7, 11) is 1.40. The Bertz CT molecular complexity index is 685. The zero-order chi connectivity index (χ0) is 17.8. The Kier molecular flexibility index (Phi) is 4.18. The first-order chi connectivity index (χ1) is 12.0. The van der Waals surface area contributed by atoms with Crippen molar-refractivity contribution in [1.82, 2.24) is 0 Å². The second kappa shape index (κ2) is 6.11. The summed E-state index contributed by atoms with van der Waals surface area (Å²) in [6.45, 7) is 4.02. The number of hydrogen-bond donors (Lipinski definition) is 1. The molecule has 4 aliphatic rings. The summed E-state index contributed by atoms with van der Waals surface area (Å²) in [5.41, 5.74) is 1.29. The molecule has 1 aromatic heterocycles. The summed E-state index contributed by atoms with van der Waals surface area (Å²) in [5, 5.41) is 3.84. The molecule has 0 aliphatic heterocycles. The number of hydrogen-bond acceptors (Lipinski definition) is 4. The van der Waals surface area contributed by atoms with Crippen molar-refractivity contribution in [2.24, 2.45) is 23.2 Å². The summed E-state index contributed by atoms with van der Waals surface area (Å²) < 4.78 is 4.96. The summed E-state index contributed by atoms with van der Waals surface area (Å²) in [6.07, 6.45) is 7.90. The van der Waals surface area contributed by atoms with E-state index < -0.39 is 0 Å². The first-order valence-electron chi connectivity index (χ1n) is 9.47. The van der Waals surface area contributed by atoms with Crippen molar-refractivity contribution in [3.8, 4) is 0 Å². The fourth-order valence-electron chi connectivity index (χ4n) is 5.96. The van der Waals surface area contributed by atoms with Crippen molar-refractivity contribution in [3.63, 3.8) is 0 Å². The molecular formula is C20H27NO3S. The van der Waals surface area contributed by atoms with E-state index in [0.29, 0.717) is 10.6 Å². The second-order valence-corrected chi connectivity index (χ2v) is 9.46.